The highest BCUT2D eigenvalue weighted by Crippen LogP contribution is 2.22. The largest absolute Gasteiger partial charge is 0.368 e. The summed E-state index contributed by atoms with van der Waals surface area (Å²) in [5.41, 5.74) is 8.48. The molecule has 0 aliphatic carbocycles. The summed E-state index contributed by atoms with van der Waals surface area (Å²) in [5.74, 6) is 0.548. The van der Waals surface area contributed by atoms with Crippen LogP contribution in [0.25, 0.3) is 0 Å². The van der Waals surface area contributed by atoms with Crippen molar-refractivity contribution in [3.05, 3.63) is 33.5 Å². The number of anilines is 1. The molecule has 3 rings (SSSR count). The number of nitrogens with two attached hydrogens (primary N) is 1. The first-order valence-electron chi connectivity index (χ1n) is 6.89. The van der Waals surface area contributed by atoms with E-state index in [1.807, 2.05) is 5.38 Å². The van der Waals surface area contributed by atoms with Crippen LogP contribution >= 0.6 is 11.3 Å². The number of carbonyl (C=O) groups is 1. The van der Waals surface area contributed by atoms with E-state index in [1.165, 1.54) is 11.3 Å². The van der Waals surface area contributed by atoms with Gasteiger partial charge in [-0.2, -0.15) is 0 Å². The van der Waals surface area contributed by atoms with Crippen LogP contribution in [0.5, 0.6) is 0 Å². The number of nitrogen functional groups attached to an aromatic ring is 1. The van der Waals surface area contributed by atoms with E-state index in [0.717, 1.165) is 23.4 Å². The first-order chi connectivity index (χ1) is 10.0. The number of rotatable bonds is 2. The molecule has 1 amide bonds. The molecule has 0 radical (unpaired) electrons. The minimum atomic E-state index is -0.0327. The van der Waals surface area contributed by atoms with Gasteiger partial charge < -0.3 is 10.6 Å². The van der Waals surface area contributed by atoms with E-state index < -0.39 is 0 Å². The van der Waals surface area contributed by atoms with Crippen molar-refractivity contribution in [3.63, 3.8) is 0 Å². The average molecular weight is 303 g/mol. The van der Waals surface area contributed by atoms with Gasteiger partial charge in [0.25, 0.3) is 5.91 Å². The number of carbonyl (C=O) groups excluding carboxylic acids is 1. The Labute approximate surface area is 127 Å². The Morgan fingerprint density at radius 2 is 2.24 bits per heavy atom. The van der Waals surface area contributed by atoms with Crippen molar-refractivity contribution in [3.8, 4) is 0 Å². The summed E-state index contributed by atoms with van der Waals surface area (Å²) < 4.78 is 0. The predicted octanol–water partition coefficient (Wildman–Crippen LogP) is 1.84. The molecule has 6 nitrogen and oxygen atoms in total. The summed E-state index contributed by atoms with van der Waals surface area (Å²) in [6, 6.07) is 0. The van der Waals surface area contributed by atoms with Crippen molar-refractivity contribution < 1.29 is 4.79 Å². The van der Waals surface area contributed by atoms with E-state index in [1.54, 1.807) is 11.1 Å². The predicted molar refractivity (Wildman–Crippen MR) is 81.1 cm³/mol. The van der Waals surface area contributed by atoms with Crippen LogP contribution in [0.4, 0.5) is 5.95 Å². The zero-order valence-corrected chi connectivity index (χ0v) is 12.9. The highest BCUT2D eigenvalue weighted by molar-refractivity contribution is 7.11. The first kappa shape index (κ1) is 13.9. The van der Waals surface area contributed by atoms with Gasteiger partial charge in [-0.05, 0) is 17.9 Å². The number of fused-ring (bicyclic) bond motifs is 1. The van der Waals surface area contributed by atoms with Gasteiger partial charge in [0, 0.05) is 18.1 Å². The van der Waals surface area contributed by atoms with E-state index in [9.17, 15) is 4.79 Å². The highest BCUT2D eigenvalue weighted by Gasteiger charge is 2.25. The van der Waals surface area contributed by atoms with Gasteiger partial charge in [-0.1, -0.05) is 13.8 Å². The Morgan fingerprint density at radius 1 is 1.43 bits per heavy atom. The lowest BCUT2D eigenvalue weighted by Crippen LogP contribution is -2.36. The van der Waals surface area contributed by atoms with Crippen molar-refractivity contribution in [1.29, 1.82) is 0 Å². The van der Waals surface area contributed by atoms with Crippen LogP contribution in [0.2, 0.25) is 0 Å². The number of hydrogen-bond acceptors (Lipinski definition) is 6. The third-order valence-corrected chi connectivity index (χ3v) is 4.40. The second-order valence-electron chi connectivity index (χ2n) is 5.41. The standard InChI is InChI=1S/C14H17N5OS/c1-8(2)11-7-21-12(17-11)13(20)19-4-3-9-5-16-14(15)18-10(9)6-19/h5,7-8H,3-4,6H2,1-2H3,(H2,15,16,18). The number of hydrogen-bond donors (Lipinski definition) is 1. The maximum atomic E-state index is 12.5. The molecule has 0 bridgehead atoms. The average Bonchev–Trinajstić information content (AvgIpc) is 2.95. The lowest BCUT2D eigenvalue weighted by molar-refractivity contribution is 0.0731. The molecular formula is C14H17N5OS. The molecule has 3 heterocycles. The first-order valence-corrected chi connectivity index (χ1v) is 7.77. The third kappa shape index (κ3) is 2.73. The Morgan fingerprint density at radius 3 is 2.95 bits per heavy atom. The number of amides is 1. The fourth-order valence-electron chi connectivity index (χ4n) is 2.28. The molecule has 0 spiro atoms. The van der Waals surface area contributed by atoms with Crippen LogP contribution in [-0.4, -0.2) is 32.3 Å². The molecule has 0 atom stereocenters. The smallest absolute Gasteiger partial charge is 0.283 e. The lowest BCUT2D eigenvalue weighted by Gasteiger charge is -2.27. The number of aromatic nitrogens is 3. The van der Waals surface area contributed by atoms with Gasteiger partial charge >= 0.3 is 0 Å². The van der Waals surface area contributed by atoms with E-state index in [0.29, 0.717) is 24.0 Å². The maximum absolute atomic E-state index is 12.5. The van der Waals surface area contributed by atoms with Crippen molar-refractivity contribution in [2.75, 3.05) is 12.3 Å². The lowest BCUT2D eigenvalue weighted by atomic mass is 10.1. The van der Waals surface area contributed by atoms with Gasteiger partial charge in [0.15, 0.2) is 5.01 Å². The molecule has 110 valence electrons. The Kier molecular flexibility index (Phi) is 3.59. The van der Waals surface area contributed by atoms with Crippen LogP contribution in [-0.2, 0) is 13.0 Å². The van der Waals surface area contributed by atoms with Crippen LogP contribution in [0.1, 0.15) is 46.5 Å². The van der Waals surface area contributed by atoms with Gasteiger partial charge in [-0.15, -0.1) is 11.3 Å². The van der Waals surface area contributed by atoms with Gasteiger partial charge in [-0.25, -0.2) is 15.0 Å². The molecular weight excluding hydrogens is 286 g/mol. The quantitative estimate of drug-likeness (QED) is 0.915. The van der Waals surface area contributed by atoms with E-state index in [-0.39, 0.29) is 11.9 Å². The monoisotopic (exact) mass is 303 g/mol. The second-order valence-corrected chi connectivity index (χ2v) is 6.27. The molecule has 7 heteroatoms. The second kappa shape index (κ2) is 5.40. The van der Waals surface area contributed by atoms with Gasteiger partial charge in [-0.3, -0.25) is 4.79 Å². The molecule has 0 fully saturated rings. The van der Waals surface area contributed by atoms with Gasteiger partial charge in [0.2, 0.25) is 5.95 Å². The Balaban J connectivity index is 1.80. The van der Waals surface area contributed by atoms with Crippen LogP contribution in [0, 0.1) is 0 Å². The molecule has 0 unspecified atom stereocenters. The van der Waals surface area contributed by atoms with Crippen molar-refractivity contribution in [1.82, 2.24) is 19.9 Å². The zero-order chi connectivity index (χ0) is 15.0. The highest BCUT2D eigenvalue weighted by atomic mass is 32.1. The van der Waals surface area contributed by atoms with E-state index in [2.05, 4.69) is 28.8 Å². The molecule has 1 aliphatic rings. The summed E-state index contributed by atoms with van der Waals surface area (Å²) in [6.07, 6.45) is 2.50. The topological polar surface area (TPSA) is 85.0 Å². The van der Waals surface area contributed by atoms with Gasteiger partial charge in [0.05, 0.1) is 17.9 Å². The molecule has 2 aromatic heterocycles. The summed E-state index contributed by atoms with van der Waals surface area (Å²) >= 11 is 1.40. The van der Waals surface area contributed by atoms with Crippen LogP contribution < -0.4 is 5.73 Å². The van der Waals surface area contributed by atoms with Crippen molar-refractivity contribution in [2.24, 2.45) is 0 Å². The van der Waals surface area contributed by atoms with Crippen LogP contribution in [0.3, 0.4) is 0 Å². The molecule has 1 aliphatic heterocycles. The van der Waals surface area contributed by atoms with E-state index >= 15 is 0 Å². The van der Waals surface area contributed by atoms with Crippen molar-refractivity contribution >= 4 is 23.2 Å². The molecule has 2 N–H and O–H groups in total. The Hall–Kier alpha value is -2.02. The maximum Gasteiger partial charge on any atom is 0.283 e. The minimum absolute atomic E-state index is 0.0327. The molecule has 0 aromatic carbocycles. The molecule has 0 saturated carbocycles. The van der Waals surface area contributed by atoms with Crippen molar-refractivity contribution in [2.45, 2.75) is 32.7 Å². The normalized spacial score (nSPS) is 14.3. The summed E-state index contributed by atoms with van der Waals surface area (Å²) in [6.45, 7) is 5.27. The summed E-state index contributed by atoms with van der Waals surface area (Å²) in [4.78, 5) is 27.0. The summed E-state index contributed by atoms with van der Waals surface area (Å²) in [5, 5.41) is 2.50. The number of thiazole rings is 1. The SMILES string of the molecule is CC(C)c1csc(C(=O)N2CCc3cnc(N)nc3C2)n1. The number of nitrogens with zero attached hydrogens (tertiary/aromatic N) is 4. The van der Waals surface area contributed by atoms with Crippen LogP contribution in [0.15, 0.2) is 11.6 Å². The molecule has 0 saturated heterocycles. The Bertz CT molecular complexity index is 682. The molecule has 2 aromatic rings. The third-order valence-electron chi connectivity index (χ3n) is 3.55. The minimum Gasteiger partial charge on any atom is -0.368 e. The summed E-state index contributed by atoms with van der Waals surface area (Å²) in [7, 11) is 0. The zero-order valence-electron chi connectivity index (χ0n) is 12.0. The molecule has 21 heavy (non-hydrogen) atoms. The van der Waals surface area contributed by atoms with Gasteiger partial charge in [0.1, 0.15) is 0 Å². The van der Waals surface area contributed by atoms with E-state index in [4.69, 9.17) is 5.73 Å². The fourth-order valence-corrected chi connectivity index (χ4v) is 3.22. The fraction of sp³-hybridized carbons (Fsp3) is 0.429.